The third-order valence-electron chi connectivity index (χ3n) is 8.65. The van der Waals surface area contributed by atoms with E-state index in [0.29, 0.717) is 29.1 Å². The second-order valence-electron chi connectivity index (χ2n) is 11.9. The molecule has 0 atom stereocenters. The Bertz CT molecular complexity index is 1460. The normalized spacial score (nSPS) is 18.0. The number of thioether (sulfide) groups is 1. The summed E-state index contributed by atoms with van der Waals surface area (Å²) in [5, 5.41) is 12.0. The molecule has 11 heteroatoms. The van der Waals surface area contributed by atoms with Gasteiger partial charge in [-0.2, -0.15) is 4.39 Å². The van der Waals surface area contributed by atoms with Crippen LogP contribution in [-0.2, 0) is 19.4 Å². The summed E-state index contributed by atoms with van der Waals surface area (Å²) < 4.78 is 47.6. The molecule has 0 saturated heterocycles. The van der Waals surface area contributed by atoms with Crippen molar-refractivity contribution >= 4 is 50.5 Å². The molecule has 2 aromatic rings. The quantitative estimate of drug-likeness (QED) is 0.128. The molecule has 240 valence electrons. The van der Waals surface area contributed by atoms with Crippen molar-refractivity contribution in [1.82, 2.24) is 0 Å². The van der Waals surface area contributed by atoms with Crippen LogP contribution in [0, 0.1) is 11.3 Å². The monoisotopic (exact) mass is 646 g/mol. The number of benzene rings is 2. The first kappa shape index (κ1) is 33.8. The van der Waals surface area contributed by atoms with E-state index in [0.717, 1.165) is 69.9 Å². The van der Waals surface area contributed by atoms with Crippen molar-refractivity contribution in [3.8, 4) is 5.75 Å². The average molecular weight is 647 g/mol. The predicted molar refractivity (Wildman–Crippen MR) is 173 cm³/mol. The summed E-state index contributed by atoms with van der Waals surface area (Å²) in [4.78, 5) is 26.4. The van der Waals surface area contributed by atoms with Gasteiger partial charge in [0.1, 0.15) is 12.0 Å². The number of carbonyl (C=O) groups excluding carboxylic acids is 1. The van der Waals surface area contributed by atoms with Crippen LogP contribution < -0.4 is 15.0 Å². The number of hydrogen-bond acceptors (Lipinski definition) is 7. The van der Waals surface area contributed by atoms with Crippen LogP contribution in [0.3, 0.4) is 0 Å². The van der Waals surface area contributed by atoms with Gasteiger partial charge in [0.05, 0.1) is 21.2 Å². The van der Waals surface area contributed by atoms with Gasteiger partial charge in [-0.3, -0.25) is 4.79 Å². The van der Waals surface area contributed by atoms with Crippen LogP contribution in [0.4, 0.5) is 21.5 Å². The molecule has 1 heterocycles. The Morgan fingerprint density at radius 3 is 2.32 bits per heavy atom. The van der Waals surface area contributed by atoms with Gasteiger partial charge in [0.25, 0.3) is 0 Å². The SMILES string of the molecule is CCCCC1(CCCC)CN(c2ccc(NC(=O)C3CCCC3)cc2)c2cc(SC)c(OC=C(F)C(=O)O)cc2S(=O)(=O)C1. The molecule has 4 rings (SSSR count). The van der Waals surface area contributed by atoms with Crippen molar-refractivity contribution in [2.24, 2.45) is 11.3 Å². The number of amides is 1. The number of fused-ring (bicyclic) bond motifs is 1. The molecule has 1 aliphatic heterocycles. The summed E-state index contributed by atoms with van der Waals surface area (Å²) >= 11 is 1.29. The summed E-state index contributed by atoms with van der Waals surface area (Å²) in [6, 6.07) is 10.6. The van der Waals surface area contributed by atoms with Crippen LogP contribution in [0.5, 0.6) is 5.75 Å². The lowest BCUT2D eigenvalue weighted by Crippen LogP contribution is -2.38. The highest BCUT2D eigenvalue weighted by Gasteiger charge is 2.42. The predicted octanol–water partition coefficient (Wildman–Crippen LogP) is 8.10. The highest BCUT2D eigenvalue weighted by molar-refractivity contribution is 7.98. The molecule has 1 fully saturated rings. The maximum atomic E-state index is 14.2. The molecule has 0 unspecified atom stereocenters. The van der Waals surface area contributed by atoms with E-state index >= 15 is 0 Å². The largest absolute Gasteiger partial charge is 0.476 e. The third kappa shape index (κ3) is 7.96. The average Bonchev–Trinajstić information content (AvgIpc) is 3.53. The van der Waals surface area contributed by atoms with Crippen LogP contribution in [-0.4, -0.2) is 44.0 Å². The molecule has 1 amide bonds. The first-order chi connectivity index (χ1) is 21.0. The Morgan fingerprint density at radius 1 is 1.11 bits per heavy atom. The molecule has 8 nitrogen and oxygen atoms in total. The van der Waals surface area contributed by atoms with E-state index < -0.39 is 27.0 Å². The van der Waals surface area contributed by atoms with Gasteiger partial charge in [0, 0.05) is 35.3 Å². The van der Waals surface area contributed by atoms with E-state index in [1.165, 1.54) is 17.8 Å². The van der Waals surface area contributed by atoms with Crippen molar-refractivity contribution in [3.63, 3.8) is 0 Å². The number of nitrogens with zero attached hydrogens (tertiary/aromatic N) is 1. The smallest absolute Gasteiger partial charge is 0.368 e. The van der Waals surface area contributed by atoms with Crippen LogP contribution >= 0.6 is 11.8 Å². The van der Waals surface area contributed by atoms with E-state index in [-0.39, 0.29) is 28.2 Å². The minimum Gasteiger partial charge on any atom is -0.476 e. The van der Waals surface area contributed by atoms with E-state index in [9.17, 15) is 22.4 Å². The molecular weight excluding hydrogens is 604 g/mol. The Kier molecular flexibility index (Phi) is 11.4. The zero-order chi connectivity index (χ0) is 31.9. The Morgan fingerprint density at radius 2 is 1.75 bits per heavy atom. The van der Waals surface area contributed by atoms with Crippen molar-refractivity contribution in [2.45, 2.75) is 87.8 Å². The number of carboxylic acid groups (broad SMARTS) is 1. The van der Waals surface area contributed by atoms with Crippen LogP contribution in [0.2, 0.25) is 0 Å². The van der Waals surface area contributed by atoms with Gasteiger partial charge in [-0.05, 0) is 62.3 Å². The van der Waals surface area contributed by atoms with Gasteiger partial charge in [0.15, 0.2) is 9.84 Å². The molecule has 2 aliphatic rings. The number of carbonyl (C=O) groups is 2. The second kappa shape index (κ2) is 14.8. The van der Waals surface area contributed by atoms with Gasteiger partial charge in [-0.25, -0.2) is 13.2 Å². The number of carboxylic acids is 1. The Hall–Kier alpha value is -3.05. The van der Waals surface area contributed by atoms with Crippen LogP contribution in [0.1, 0.15) is 78.1 Å². The first-order valence-corrected chi connectivity index (χ1v) is 18.3. The number of aliphatic carboxylic acids is 1. The van der Waals surface area contributed by atoms with E-state index in [4.69, 9.17) is 9.84 Å². The molecule has 1 saturated carbocycles. The number of anilines is 3. The third-order valence-corrected chi connectivity index (χ3v) is 11.4. The molecule has 2 aromatic carbocycles. The first-order valence-electron chi connectivity index (χ1n) is 15.4. The summed E-state index contributed by atoms with van der Waals surface area (Å²) in [6.07, 6.45) is 11.4. The fraction of sp³-hybridized carbons (Fsp3) is 0.515. The maximum absolute atomic E-state index is 14.2. The number of unbranched alkanes of at least 4 members (excludes halogenated alkanes) is 2. The van der Waals surface area contributed by atoms with Gasteiger partial charge in [-0.1, -0.05) is 52.4 Å². The minimum atomic E-state index is -3.84. The fourth-order valence-corrected chi connectivity index (χ4v) is 8.93. The standard InChI is InChI=1S/C33H43FN2O6S2/c1-4-6-16-33(17-7-5-2)21-36(25-14-12-24(13-15-25)35-31(37)23-10-8-9-11-23)27-18-29(43-3)28(42-20-26(34)32(38)39)19-30(27)44(40,41)22-33/h12-15,18-20,23H,4-11,16-17,21-22H2,1-3H3,(H,35,37)(H,38,39). The lowest BCUT2D eigenvalue weighted by Gasteiger charge is -2.37. The summed E-state index contributed by atoms with van der Waals surface area (Å²) in [7, 11) is -3.84. The number of hydrogen-bond donors (Lipinski definition) is 2. The lowest BCUT2D eigenvalue weighted by molar-refractivity contribution is -0.134. The zero-order valence-corrected chi connectivity index (χ0v) is 27.4. The lowest BCUT2D eigenvalue weighted by atomic mass is 9.79. The number of ether oxygens (including phenoxy) is 1. The zero-order valence-electron chi connectivity index (χ0n) is 25.7. The van der Waals surface area contributed by atoms with Crippen LogP contribution in [0.15, 0.2) is 58.3 Å². The molecule has 2 N–H and O–H groups in total. The van der Waals surface area contributed by atoms with Crippen molar-refractivity contribution in [2.75, 3.05) is 28.8 Å². The molecule has 0 radical (unpaired) electrons. The van der Waals surface area contributed by atoms with E-state index in [1.54, 1.807) is 12.3 Å². The summed E-state index contributed by atoms with van der Waals surface area (Å²) in [5.41, 5.74) is 1.45. The van der Waals surface area contributed by atoms with Gasteiger partial charge in [0.2, 0.25) is 11.7 Å². The number of sulfone groups is 1. The fourth-order valence-electron chi connectivity index (χ4n) is 6.27. The minimum absolute atomic E-state index is 0.0325. The maximum Gasteiger partial charge on any atom is 0.368 e. The second-order valence-corrected chi connectivity index (χ2v) is 14.7. The number of nitrogens with one attached hydrogen (secondary N) is 1. The Balaban J connectivity index is 1.81. The van der Waals surface area contributed by atoms with Crippen molar-refractivity contribution in [1.29, 1.82) is 0 Å². The Labute approximate surface area is 264 Å². The molecular formula is C33H43FN2O6S2. The van der Waals surface area contributed by atoms with Gasteiger partial charge >= 0.3 is 5.97 Å². The van der Waals surface area contributed by atoms with Crippen molar-refractivity contribution in [3.05, 3.63) is 48.5 Å². The summed E-state index contributed by atoms with van der Waals surface area (Å²) in [6.45, 7) is 4.68. The number of rotatable bonds is 13. The highest BCUT2D eigenvalue weighted by Crippen LogP contribution is 2.48. The molecule has 1 aliphatic carbocycles. The van der Waals surface area contributed by atoms with E-state index in [2.05, 4.69) is 19.2 Å². The van der Waals surface area contributed by atoms with Gasteiger partial charge < -0.3 is 20.1 Å². The van der Waals surface area contributed by atoms with Crippen LogP contribution in [0.25, 0.3) is 0 Å². The molecule has 0 aromatic heterocycles. The topological polar surface area (TPSA) is 113 Å². The number of halogens is 1. The van der Waals surface area contributed by atoms with Gasteiger partial charge in [-0.15, -0.1) is 11.8 Å². The van der Waals surface area contributed by atoms with Crippen molar-refractivity contribution < 1.29 is 32.2 Å². The van der Waals surface area contributed by atoms with E-state index in [1.807, 2.05) is 29.2 Å². The molecule has 0 spiro atoms. The highest BCUT2D eigenvalue weighted by atomic mass is 32.2. The summed E-state index contributed by atoms with van der Waals surface area (Å²) in [5.74, 6) is -3.18. The molecule has 44 heavy (non-hydrogen) atoms. The molecule has 0 bridgehead atoms.